The van der Waals surface area contributed by atoms with Crippen LogP contribution in [0.25, 0.3) is 0 Å². The molecule has 0 bridgehead atoms. The number of hydrogen-bond donors (Lipinski definition) is 1. The lowest BCUT2D eigenvalue weighted by molar-refractivity contribution is 0.270. The Bertz CT molecular complexity index is 495. The van der Waals surface area contributed by atoms with E-state index in [0.29, 0.717) is 19.0 Å². The number of aryl methyl sites for hydroxylation is 1. The molecule has 0 aliphatic carbocycles. The molecule has 2 rings (SSSR count). The summed E-state index contributed by atoms with van der Waals surface area (Å²) in [6.45, 7) is 2.16. The second-order valence-electron chi connectivity index (χ2n) is 4.75. The van der Waals surface area contributed by atoms with Gasteiger partial charge >= 0.3 is 0 Å². The van der Waals surface area contributed by atoms with Crippen molar-refractivity contribution in [1.82, 2.24) is 19.4 Å². The van der Waals surface area contributed by atoms with Crippen LogP contribution in [-0.2, 0) is 17.1 Å². The third-order valence-electron chi connectivity index (χ3n) is 3.39. The molecule has 0 aromatic carbocycles. The van der Waals surface area contributed by atoms with Gasteiger partial charge in [0.15, 0.2) is 0 Å². The summed E-state index contributed by atoms with van der Waals surface area (Å²) >= 11 is 0. The van der Waals surface area contributed by atoms with E-state index >= 15 is 0 Å². The highest BCUT2D eigenvalue weighted by atomic mass is 35.5. The van der Waals surface area contributed by atoms with Crippen LogP contribution in [0.1, 0.15) is 12.8 Å². The fourth-order valence-corrected chi connectivity index (χ4v) is 3.78. The first-order valence-corrected chi connectivity index (χ1v) is 7.61. The van der Waals surface area contributed by atoms with Crippen molar-refractivity contribution >= 4 is 22.4 Å². The van der Waals surface area contributed by atoms with Crippen molar-refractivity contribution in [1.29, 1.82) is 0 Å². The van der Waals surface area contributed by atoms with Crippen LogP contribution in [0.2, 0.25) is 0 Å². The molecule has 0 amide bonds. The summed E-state index contributed by atoms with van der Waals surface area (Å²) in [6, 6.07) is 0. The molecular formula is C11H21ClN4O2S. The van der Waals surface area contributed by atoms with Crippen LogP contribution < -0.4 is 5.32 Å². The molecule has 0 saturated carbocycles. The Labute approximate surface area is 120 Å². The molecule has 6 nitrogen and oxygen atoms in total. The summed E-state index contributed by atoms with van der Waals surface area (Å²) in [7, 11) is 0.300. The number of piperidine rings is 1. The first-order chi connectivity index (χ1) is 8.54. The Hall–Kier alpha value is -0.630. The van der Waals surface area contributed by atoms with Crippen molar-refractivity contribution in [2.24, 2.45) is 13.0 Å². The quantitative estimate of drug-likeness (QED) is 0.877. The van der Waals surface area contributed by atoms with Gasteiger partial charge in [-0.15, -0.1) is 12.4 Å². The Morgan fingerprint density at radius 3 is 2.53 bits per heavy atom. The van der Waals surface area contributed by atoms with E-state index in [1.54, 1.807) is 17.5 Å². The summed E-state index contributed by atoms with van der Waals surface area (Å²) in [5, 5.41) is 7.07. The van der Waals surface area contributed by atoms with Crippen molar-refractivity contribution in [3.05, 3.63) is 12.4 Å². The van der Waals surface area contributed by atoms with E-state index < -0.39 is 10.0 Å². The maximum absolute atomic E-state index is 12.3. The van der Waals surface area contributed by atoms with Gasteiger partial charge in [-0.1, -0.05) is 0 Å². The summed E-state index contributed by atoms with van der Waals surface area (Å²) in [4.78, 5) is 0.289. The zero-order valence-corrected chi connectivity index (χ0v) is 12.9. The number of hydrogen-bond acceptors (Lipinski definition) is 4. The molecule has 0 spiro atoms. The van der Waals surface area contributed by atoms with Gasteiger partial charge in [-0.05, 0) is 32.4 Å². The van der Waals surface area contributed by atoms with Crippen LogP contribution in [0.15, 0.2) is 17.3 Å². The van der Waals surface area contributed by atoms with Crippen LogP contribution in [0.5, 0.6) is 0 Å². The first-order valence-electron chi connectivity index (χ1n) is 6.17. The van der Waals surface area contributed by atoms with Crippen molar-refractivity contribution in [3.63, 3.8) is 0 Å². The number of nitrogens with one attached hydrogen (secondary N) is 1. The molecule has 19 heavy (non-hydrogen) atoms. The van der Waals surface area contributed by atoms with Gasteiger partial charge in [0.05, 0.1) is 6.20 Å². The minimum atomic E-state index is -3.35. The van der Waals surface area contributed by atoms with Gasteiger partial charge in [0.25, 0.3) is 0 Å². The molecule has 1 N–H and O–H groups in total. The minimum Gasteiger partial charge on any atom is -0.319 e. The molecule has 0 atom stereocenters. The molecule has 1 aromatic rings. The standard InChI is InChI=1S/C11H20N4O2S.ClH/c1-12-7-10-3-5-15(6-4-10)18(16,17)11-8-13-14(2)9-11;/h8-10,12H,3-7H2,1-2H3;1H. The number of rotatable bonds is 4. The summed E-state index contributed by atoms with van der Waals surface area (Å²) < 4.78 is 27.7. The van der Waals surface area contributed by atoms with E-state index in [1.165, 1.54) is 10.9 Å². The molecule has 1 aliphatic heterocycles. The molecule has 0 unspecified atom stereocenters. The van der Waals surface area contributed by atoms with Gasteiger partial charge in [0.1, 0.15) is 4.90 Å². The largest absolute Gasteiger partial charge is 0.319 e. The smallest absolute Gasteiger partial charge is 0.246 e. The SMILES string of the molecule is CNCC1CCN(S(=O)(=O)c2cnn(C)c2)CC1.Cl. The molecule has 2 heterocycles. The predicted octanol–water partition coefficient (Wildman–Crippen LogP) is 0.462. The van der Waals surface area contributed by atoms with E-state index in [-0.39, 0.29) is 17.3 Å². The van der Waals surface area contributed by atoms with E-state index in [1.807, 2.05) is 7.05 Å². The van der Waals surface area contributed by atoms with Gasteiger partial charge in [-0.2, -0.15) is 9.40 Å². The monoisotopic (exact) mass is 308 g/mol. The predicted molar refractivity (Wildman–Crippen MR) is 75.9 cm³/mol. The maximum atomic E-state index is 12.3. The normalized spacial score (nSPS) is 18.2. The van der Waals surface area contributed by atoms with Crippen LogP contribution >= 0.6 is 12.4 Å². The fourth-order valence-electron chi connectivity index (χ4n) is 2.32. The highest BCUT2D eigenvalue weighted by molar-refractivity contribution is 7.89. The molecule has 1 saturated heterocycles. The van der Waals surface area contributed by atoms with E-state index in [9.17, 15) is 8.42 Å². The Kier molecular flexibility index (Phi) is 5.79. The molecule has 1 aliphatic rings. The summed E-state index contributed by atoms with van der Waals surface area (Å²) in [6.07, 6.45) is 4.80. The molecule has 8 heteroatoms. The van der Waals surface area contributed by atoms with Crippen LogP contribution in [0.4, 0.5) is 0 Å². The van der Waals surface area contributed by atoms with E-state index in [2.05, 4.69) is 10.4 Å². The van der Waals surface area contributed by atoms with Crippen molar-refractivity contribution < 1.29 is 8.42 Å². The minimum absolute atomic E-state index is 0. The maximum Gasteiger partial charge on any atom is 0.246 e. The average molecular weight is 309 g/mol. The second-order valence-corrected chi connectivity index (χ2v) is 6.69. The second kappa shape index (κ2) is 6.69. The third-order valence-corrected chi connectivity index (χ3v) is 5.24. The Morgan fingerprint density at radius 1 is 1.42 bits per heavy atom. The first kappa shape index (κ1) is 16.4. The van der Waals surface area contributed by atoms with Crippen molar-refractivity contribution in [2.45, 2.75) is 17.7 Å². The summed E-state index contributed by atoms with van der Waals surface area (Å²) in [5.41, 5.74) is 0. The lowest BCUT2D eigenvalue weighted by Gasteiger charge is -2.30. The lowest BCUT2D eigenvalue weighted by Crippen LogP contribution is -2.40. The topological polar surface area (TPSA) is 67.2 Å². The molecule has 1 fully saturated rings. The zero-order valence-electron chi connectivity index (χ0n) is 11.2. The highest BCUT2D eigenvalue weighted by Crippen LogP contribution is 2.22. The van der Waals surface area contributed by atoms with Crippen molar-refractivity contribution in [3.8, 4) is 0 Å². The Morgan fingerprint density at radius 2 is 2.05 bits per heavy atom. The number of halogens is 1. The molecule has 0 radical (unpaired) electrons. The number of nitrogens with zero attached hydrogens (tertiary/aromatic N) is 3. The van der Waals surface area contributed by atoms with Crippen molar-refractivity contribution in [2.75, 3.05) is 26.7 Å². The van der Waals surface area contributed by atoms with Crippen LogP contribution in [0.3, 0.4) is 0 Å². The average Bonchev–Trinajstić information content (AvgIpc) is 2.78. The van der Waals surface area contributed by atoms with Gasteiger partial charge in [-0.3, -0.25) is 4.68 Å². The van der Waals surface area contributed by atoms with Gasteiger partial charge < -0.3 is 5.32 Å². The van der Waals surface area contributed by atoms with Gasteiger partial charge in [0, 0.05) is 26.3 Å². The molecule has 1 aromatic heterocycles. The van der Waals surface area contributed by atoms with Gasteiger partial charge in [-0.25, -0.2) is 8.42 Å². The van der Waals surface area contributed by atoms with E-state index in [0.717, 1.165) is 19.4 Å². The zero-order chi connectivity index (χ0) is 13.2. The highest BCUT2D eigenvalue weighted by Gasteiger charge is 2.29. The third kappa shape index (κ3) is 3.68. The number of aromatic nitrogens is 2. The number of sulfonamides is 1. The van der Waals surface area contributed by atoms with Gasteiger partial charge in [0.2, 0.25) is 10.0 Å². The van der Waals surface area contributed by atoms with Crippen LogP contribution in [0, 0.1) is 5.92 Å². The lowest BCUT2D eigenvalue weighted by atomic mass is 9.98. The van der Waals surface area contributed by atoms with E-state index in [4.69, 9.17) is 0 Å². The fraction of sp³-hybridized carbons (Fsp3) is 0.727. The Balaban J connectivity index is 0.00000180. The summed E-state index contributed by atoms with van der Waals surface area (Å²) in [5.74, 6) is 0.579. The van der Waals surface area contributed by atoms with Crippen LogP contribution in [-0.4, -0.2) is 49.2 Å². The molecular weight excluding hydrogens is 288 g/mol. The molecule has 110 valence electrons.